The highest BCUT2D eigenvalue weighted by Crippen LogP contribution is 2.09. The number of aromatic nitrogens is 2. The molecular formula is C12H15N3O. The second-order valence-electron chi connectivity index (χ2n) is 3.73. The van der Waals surface area contributed by atoms with E-state index < -0.39 is 0 Å². The van der Waals surface area contributed by atoms with E-state index in [4.69, 9.17) is 0 Å². The number of nitrogens with one attached hydrogen (secondary N) is 2. The molecule has 1 aromatic heterocycles. The number of carbonyl (C=O) groups is 1. The molecule has 4 heteroatoms. The second kappa shape index (κ2) is 4.79. The molecule has 0 radical (unpaired) electrons. The quantitative estimate of drug-likeness (QED) is 0.822. The maximum Gasteiger partial charge on any atom is 0.220 e. The van der Waals surface area contributed by atoms with Crippen LogP contribution in [0.4, 0.5) is 0 Å². The molecule has 1 heterocycles. The molecule has 0 unspecified atom stereocenters. The van der Waals surface area contributed by atoms with Crippen molar-refractivity contribution in [3.63, 3.8) is 0 Å². The van der Waals surface area contributed by atoms with E-state index in [9.17, 15) is 4.79 Å². The van der Waals surface area contributed by atoms with Crippen LogP contribution < -0.4 is 5.32 Å². The number of hydrogen-bond donors (Lipinski definition) is 2. The van der Waals surface area contributed by atoms with Crippen molar-refractivity contribution in [2.45, 2.75) is 26.3 Å². The fourth-order valence-corrected chi connectivity index (χ4v) is 1.59. The van der Waals surface area contributed by atoms with Gasteiger partial charge in [0.15, 0.2) is 0 Å². The van der Waals surface area contributed by atoms with E-state index in [0.29, 0.717) is 13.0 Å². The first-order valence-electron chi connectivity index (χ1n) is 5.50. The first-order valence-corrected chi connectivity index (χ1v) is 5.50. The fourth-order valence-electron chi connectivity index (χ4n) is 1.59. The van der Waals surface area contributed by atoms with E-state index in [1.165, 1.54) is 0 Å². The van der Waals surface area contributed by atoms with Gasteiger partial charge in [0.25, 0.3) is 0 Å². The number of nitrogens with zero attached hydrogens (tertiary/aromatic N) is 1. The highest BCUT2D eigenvalue weighted by atomic mass is 16.1. The van der Waals surface area contributed by atoms with Crippen LogP contribution >= 0.6 is 0 Å². The molecule has 0 saturated heterocycles. The van der Waals surface area contributed by atoms with Crippen molar-refractivity contribution in [1.29, 1.82) is 0 Å². The van der Waals surface area contributed by atoms with E-state index in [2.05, 4.69) is 15.3 Å². The molecule has 1 amide bonds. The van der Waals surface area contributed by atoms with Crippen LogP contribution in [0, 0.1) is 0 Å². The van der Waals surface area contributed by atoms with Gasteiger partial charge in [0.05, 0.1) is 17.6 Å². The number of aromatic amines is 1. The number of carbonyl (C=O) groups excluding carboxylic acids is 1. The van der Waals surface area contributed by atoms with Crippen LogP contribution in [0.3, 0.4) is 0 Å². The first kappa shape index (κ1) is 10.7. The molecule has 2 aromatic rings. The molecule has 0 aliphatic heterocycles. The van der Waals surface area contributed by atoms with Gasteiger partial charge >= 0.3 is 0 Å². The minimum absolute atomic E-state index is 0.0722. The lowest BCUT2D eigenvalue weighted by Crippen LogP contribution is -2.22. The smallest absolute Gasteiger partial charge is 0.220 e. The summed E-state index contributed by atoms with van der Waals surface area (Å²) in [5, 5.41) is 2.83. The van der Waals surface area contributed by atoms with Gasteiger partial charge in [0, 0.05) is 6.42 Å². The van der Waals surface area contributed by atoms with Gasteiger partial charge in [-0.15, -0.1) is 0 Å². The Bertz CT molecular complexity index is 457. The predicted octanol–water partition coefficient (Wildman–Crippen LogP) is 1.98. The van der Waals surface area contributed by atoms with Crippen molar-refractivity contribution < 1.29 is 4.79 Å². The molecule has 16 heavy (non-hydrogen) atoms. The van der Waals surface area contributed by atoms with Gasteiger partial charge in [0.2, 0.25) is 5.91 Å². The summed E-state index contributed by atoms with van der Waals surface area (Å²) in [6.45, 7) is 2.45. The molecule has 0 aliphatic rings. The molecule has 2 rings (SSSR count). The van der Waals surface area contributed by atoms with Gasteiger partial charge in [-0.05, 0) is 18.6 Å². The van der Waals surface area contributed by atoms with Gasteiger partial charge in [0.1, 0.15) is 5.82 Å². The van der Waals surface area contributed by atoms with E-state index >= 15 is 0 Å². The van der Waals surface area contributed by atoms with Crippen LogP contribution in [0.5, 0.6) is 0 Å². The number of imidazole rings is 1. The van der Waals surface area contributed by atoms with E-state index in [-0.39, 0.29) is 5.91 Å². The Morgan fingerprint density at radius 1 is 1.44 bits per heavy atom. The van der Waals surface area contributed by atoms with Gasteiger partial charge in [-0.1, -0.05) is 19.1 Å². The zero-order valence-electron chi connectivity index (χ0n) is 9.29. The average molecular weight is 217 g/mol. The maximum atomic E-state index is 11.3. The van der Waals surface area contributed by atoms with Crippen molar-refractivity contribution in [2.24, 2.45) is 0 Å². The van der Waals surface area contributed by atoms with E-state index in [1.54, 1.807) is 0 Å². The number of para-hydroxylation sites is 2. The highest BCUT2D eigenvalue weighted by molar-refractivity contribution is 5.76. The Morgan fingerprint density at radius 2 is 2.25 bits per heavy atom. The second-order valence-corrected chi connectivity index (χ2v) is 3.73. The number of amides is 1. The molecule has 0 bridgehead atoms. The average Bonchev–Trinajstić information content (AvgIpc) is 2.69. The summed E-state index contributed by atoms with van der Waals surface area (Å²) in [6, 6.07) is 7.82. The summed E-state index contributed by atoms with van der Waals surface area (Å²) >= 11 is 0. The summed E-state index contributed by atoms with van der Waals surface area (Å²) in [5.74, 6) is 0.869. The molecular weight excluding hydrogens is 202 g/mol. The van der Waals surface area contributed by atoms with Crippen molar-refractivity contribution in [3.8, 4) is 0 Å². The van der Waals surface area contributed by atoms with Gasteiger partial charge < -0.3 is 10.3 Å². The third-order valence-electron chi connectivity index (χ3n) is 2.37. The zero-order chi connectivity index (χ0) is 11.4. The van der Waals surface area contributed by atoms with Crippen LogP contribution in [0.1, 0.15) is 25.6 Å². The molecule has 0 atom stereocenters. The number of rotatable bonds is 4. The lowest BCUT2D eigenvalue weighted by Gasteiger charge is -2.00. The normalized spacial score (nSPS) is 10.6. The number of hydrogen-bond acceptors (Lipinski definition) is 2. The van der Waals surface area contributed by atoms with Gasteiger partial charge in [-0.3, -0.25) is 4.79 Å². The first-order chi connectivity index (χ1) is 7.79. The summed E-state index contributed by atoms with van der Waals surface area (Å²) < 4.78 is 0. The van der Waals surface area contributed by atoms with Crippen molar-refractivity contribution in [2.75, 3.05) is 0 Å². The molecule has 0 saturated carbocycles. The lowest BCUT2D eigenvalue weighted by molar-refractivity contribution is -0.121. The molecule has 1 aromatic carbocycles. The standard InChI is InChI=1S/C12H15N3O/c1-2-5-12(16)13-8-11-14-9-6-3-4-7-10(9)15-11/h3-4,6-7H,2,5,8H2,1H3,(H,13,16)(H,14,15). The zero-order valence-corrected chi connectivity index (χ0v) is 9.29. The highest BCUT2D eigenvalue weighted by Gasteiger charge is 2.03. The predicted molar refractivity (Wildman–Crippen MR) is 62.8 cm³/mol. The molecule has 0 fully saturated rings. The van der Waals surface area contributed by atoms with Crippen LogP contribution in [-0.4, -0.2) is 15.9 Å². The Morgan fingerprint density at radius 3 is 3.00 bits per heavy atom. The SMILES string of the molecule is CCCC(=O)NCc1nc2ccccc2[nH]1. The number of H-pyrrole nitrogens is 1. The molecule has 4 nitrogen and oxygen atoms in total. The minimum Gasteiger partial charge on any atom is -0.349 e. The van der Waals surface area contributed by atoms with E-state index in [1.807, 2.05) is 31.2 Å². The molecule has 0 spiro atoms. The number of fused-ring (bicyclic) bond motifs is 1. The largest absolute Gasteiger partial charge is 0.349 e. The summed E-state index contributed by atoms with van der Waals surface area (Å²) in [6.07, 6.45) is 1.44. The Labute approximate surface area is 94.1 Å². The maximum absolute atomic E-state index is 11.3. The Hall–Kier alpha value is -1.84. The Balaban J connectivity index is 2.02. The van der Waals surface area contributed by atoms with Crippen LogP contribution in [0.2, 0.25) is 0 Å². The number of benzene rings is 1. The topological polar surface area (TPSA) is 57.8 Å². The van der Waals surface area contributed by atoms with Gasteiger partial charge in [-0.2, -0.15) is 0 Å². The molecule has 0 aliphatic carbocycles. The van der Waals surface area contributed by atoms with Crippen LogP contribution in [0.15, 0.2) is 24.3 Å². The minimum atomic E-state index is 0.0722. The monoisotopic (exact) mass is 217 g/mol. The van der Waals surface area contributed by atoms with Crippen molar-refractivity contribution in [1.82, 2.24) is 15.3 Å². The van der Waals surface area contributed by atoms with Crippen molar-refractivity contribution in [3.05, 3.63) is 30.1 Å². The summed E-state index contributed by atoms with van der Waals surface area (Å²) in [7, 11) is 0. The molecule has 84 valence electrons. The lowest BCUT2D eigenvalue weighted by atomic mass is 10.3. The van der Waals surface area contributed by atoms with Gasteiger partial charge in [-0.25, -0.2) is 4.98 Å². The summed E-state index contributed by atoms with van der Waals surface area (Å²) in [4.78, 5) is 18.8. The molecule has 2 N–H and O–H groups in total. The van der Waals surface area contributed by atoms with Crippen LogP contribution in [0.25, 0.3) is 11.0 Å². The van der Waals surface area contributed by atoms with E-state index in [0.717, 1.165) is 23.3 Å². The third-order valence-corrected chi connectivity index (χ3v) is 2.37. The Kier molecular flexibility index (Phi) is 3.19. The summed E-state index contributed by atoms with van der Waals surface area (Å²) in [5.41, 5.74) is 1.93. The third kappa shape index (κ3) is 2.39. The van der Waals surface area contributed by atoms with Crippen molar-refractivity contribution >= 4 is 16.9 Å². The van der Waals surface area contributed by atoms with Crippen LogP contribution in [-0.2, 0) is 11.3 Å². The fraction of sp³-hybridized carbons (Fsp3) is 0.333.